The van der Waals surface area contributed by atoms with Crippen LogP contribution in [0.3, 0.4) is 0 Å². The zero-order valence-corrected chi connectivity index (χ0v) is 28.2. The number of carbonyl (C=O) groups excluding carboxylic acids is 1. The number of allylic oxidation sites excluding steroid dienone is 1. The Balaban J connectivity index is 0.000000279. The molecular formula is C37H57N5O2. The molecule has 0 bridgehead atoms. The Bertz CT molecular complexity index is 1240. The van der Waals surface area contributed by atoms with E-state index in [1.54, 1.807) is 12.1 Å². The van der Waals surface area contributed by atoms with E-state index >= 15 is 0 Å². The minimum atomic E-state index is -0.239. The molecule has 2 aromatic carbocycles. The van der Waals surface area contributed by atoms with Crippen LogP contribution >= 0.6 is 0 Å². The average molecular weight is 604 g/mol. The molecule has 0 aromatic heterocycles. The molecule has 4 N–H and O–H groups in total. The van der Waals surface area contributed by atoms with E-state index in [1.165, 1.54) is 55.4 Å². The van der Waals surface area contributed by atoms with E-state index < -0.39 is 0 Å². The molecule has 3 aliphatic rings. The van der Waals surface area contributed by atoms with Crippen molar-refractivity contribution in [2.75, 3.05) is 43.9 Å². The van der Waals surface area contributed by atoms with Gasteiger partial charge in [-0.2, -0.15) is 0 Å². The fourth-order valence-corrected chi connectivity index (χ4v) is 6.00. The highest BCUT2D eigenvalue weighted by molar-refractivity contribution is 5.90. The summed E-state index contributed by atoms with van der Waals surface area (Å²) in [6.07, 6.45) is 14.6. The molecule has 0 unspecified atom stereocenters. The summed E-state index contributed by atoms with van der Waals surface area (Å²) in [7, 11) is 2.20. The first-order valence-electron chi connectivity index (χ1n) is 17.0. The van der Waals surface area contributed by atoms with Crippen LogP contribution in [0.25, 0.3) is 5.70 Å². The minimum absolute atomic E-state index is 0.239. The van der Waals surface area contributed by atoms with Gasteiger partial charge in [0.15, 0.2) is 5.72 Å². The first kappa shape index (κ1) is 35.2. The van der Waals surface area contributed by atoms with Crippen LogP contribution in [0, 0.1) is 11.3 Å². The molecule has 2 aliphatic heterocycles. The average Bonchev–Trinajstić information content (AvgIpc) is 3.87. The first-order chi connectivity index (χ1) is 21.3. The van der Waals surface area contributed by atoms with E-state index in [4.69, 9.17) is 15.9 Å². The van der Waals surface area contributed by atoms with Gasteiger partial charge in [-0.15, -0.1) is 0 Å². The van der Waals surface area contributed by atoms with Crippen molar-refractivity contribution < 1.29 is 9.53 Å². The van der Waals surface area contributed by atoms with Crippen LogP contribution in [0.2, 0.25) is 0 Å². The van der Waals surface area contributed by atoms with Gasteiger partial charge >= 0.3 is 0 Å². The number of hydrogen-bond acceptors (Lipinski definition) is 7. The van der Waals surface area contributed by atoms with Crippen LogP contribution < -0.4 is 20.7 Å². The number of fused-ring (bicyclic) bond motifs is 1. The molecule has 1 saturated carbocycles. The van der Waals surface area contributed by atoms with Crippen LogP contribution in [-0.2, 0) is 6.42 Å². The van der Waals surface area contributed by atoms with Crippen molar-refractivity contribution in [3.05, 3.63) is 58.7 Å². The number of nitrogens with one attached hydrogen (secondary N) is 2. The summed E-state index contributed by atoms with van der Waals surface area (Å²) in [6, 6.07) is 10.3. The molecule has 0 amide bonds. The molecule has 1 saturated heterocycles. The first-order valence-corrected chi connectivity index (χ1v) is 17.0. The highest BCUT2D eigenvalue weighted by Crippen LogP contribution is 2.40. The monoisotopic (exact) mass is 603 g/mol. The predicted molar refractivity (Wildman–Crippen MR) is 187 cm³/mol. The molecule has 2 fully saturated rings. The van der Waals surface area contributed by atoms with Gasteiger partial charge < -0.3 is 31.0 Å². The SMILES string of the molecule is CC.CC/C=C1/NC2(CCN(C)CC2)Oc2ccc(N(CCC)CCC3CC3)cc21.CCCc1cc(C=O)cc(N)c1C=N. The fourth-order valence-electron chi connectivity index (χ4n) is 6.00. The number of rotatable bonds is 11. The Morgan fingerprint density at radius 2 is 1.82 bits per heavy atom. The second-order valence-corrected chi connectivity index (χ2v) is 12.1. The standard InChI is InChI=1S/C24H37N3O.C11H14N2O.C2H6/c1-4-6-22-21-18-20(27(14-5-2)15-11-19-7-8-19)9-10-23(21)28-24(25-22)12-16-26(3)17-13-24;1-2-3-9-4-8(7-14)5-11(13)10(9)6-12;1-2/h6,9-10,18-19,25H,4-5,7-8,11-17H2,1-3H3;4-7,12H,2-3,13H2,1H3;1-2H3/b22-6+;;. The van der Waals surface area contributed by atoms with Crippen LogP contribution in [0.5, 0.6) is 5.75 Å². The van der Waals surface area contributed by atoms with Crippen molar-refractivity contribution in [1.29, 1.82) is 5.41 Å². The van der Waals surface area contributed by atoms with Gasteiger partial charge in [0.2, 0.25) is 0 Å². The Kier molecular flexibility index (Phi) is 13.8. The number of ether oxygens (including phenoxy) is 1. The lowest BCUT2D eigenvalue weighted by molar-refractivity contribution is -0.0132. The summed E-state index contributed by atoms with van der Waals surface area (Å²) in [4.78, 5) is 15.6. The van der Waals surface area contributed by atoms with Gasteiger partial charge in [0.05, 0.1) is 0 Å². The second kappa shape index (κ2) is 17.2. The Hall–Kier alpha value is -3.32. The fraction of sp³-hybridized carbons (Fsp3) is 0.568. The molecule has 1 aliphatic carbocycles. The summed E-state index contributed by atoms with van der Waals surface area (Å²) in [5.41, 5.74) is 12.1. The number of nitrogen functional groups attached to an aromatic ring is 1. The molecule has 0 radical (unpaired) electrons. The van der Waals surface area contributed by atoms with Gasteiger partial charge in [-0.05, 0) is 74.5 Å². The van der Waals surface area contributed by atoms with Gasteiger partial charge in [-0.25, -0.2) is 0 Å². The van der Waals surface area contributed by atoms with Gasteiger partial charge in [0.25, 0.3) is 0 Å². The maximum absolute atomic E-state index is 10.6. The zero-order valence-electron chi connectivity index (χ0n) is 28.2. The Morgan fingerprint density at radius 3 is 2.41 bits per heavy atom. The summed E-state index contributed by atoms with van der Waals surface area (Å²) < 4.78 is 6.59. The van der Waals surface area contributed by atoms with Gasteiger partial charge in [-0.1, -0.05) is 60.0 Å². The third kappa shape index (κ3) is 9.34. The lowest BCUT2D eigenvalue weighted by Gasteiger charge is -2.45. The van der Waals surface area contributed by atoms with Gasteiger partial charge in [0.1, 0.15) is 12.0 Å². The highest BCUT2D eigenvalue weighted by atomic mass is 16.5. The van der Waals surface area contributed by atoms with Crippen molar-refractivity contribution >= 4 is 29.6 Å². The van der Waals surface area contributed by atoms with Crippen LogP contribution in [0.15, 0.2) is 36.4 Å². The summed E-state index contributed by atoms with van der Waals surface area (Å²) >= 11 is 0. The number of aldehydes is 1. The minimum Gasteiger partial charge on any atom is -0.467 e. The lowest BCUT2D eigenvalue weighted by Crippen LogP contribution is -2.57. The molecule has 7 heteroatoms. The Morgan fingerprint density at radius 1 is 1.09 bits per heavy atom. The van der Waals surface area contributed by atoms with E-state index in [9.17, 15) is 4.79 Å². The molecule has 5 rings (SSSR count). The van der Waals surface area contributed by atoms with E-state index in [-0.39, 0.29) is 5.72 Å². The molecule has 2 heterocycles. The third-order valence-corrected chi connectivity index (χ3v) is 8.61. The highest BCUT2D eigenvalue weighted by Gasteiger charge is 2.40. The van der Waals surface area contributed by atoms with Crippen molar-refractivity contribution in [2.45, 2.75) is 98.1 Å². The molecule has 2 aromatic rings. The zero-order chi connectivity index (χ0) is 32.1. The molecule has 0 atom stereocenters. The number of piperidine rings is 1. The number of benzene rings is 2. The van der Waals surface area contributed by atoms with Crippen LogP contribution in [0.1, 0.15) is 113 Å². The second-order valence-electron chi connectivity index (χ2n) is 12.1. The lowest BCUT2D eigenvalue weighted by atomic mass is 9.95. The number of aryl methyl sites for hydroxylation is 1. The number of hydrogen-bond donors (Lipinski definition) is 3. The predicted octanol–water partition coefficient (Wildman–Crippen LogP) is 7.92. The maximum atomic E-state index is 10.6. The van der Waals surface area contributed by atoms with Crippen molar-refractivity contribution in [3.63, 3.8) is 0 Å². The van der Waals surface area contributed by atoms with Crippen molar-refractivity contribution in [3.8, 4) is 5.75 Å². The summed E-state index contributed by atoms with van der Waals surface area (Å²) in [6.45, 7) is 15.0. The number of nitrogens with zero attached hydrogens (tertiary/aromatic N) is 2. The van der Waals surface area contributed by atoms with Crippen LogP contribution in [0.4, 0.5) is 11.4 Å². The van der Waals surface area contributed by atoms with E-state index in [0.29, 0.717) is 11.3 Å². The smallest absolute Gasteiger partial charge is 0.183 e. The van der Waals surface area contributed by atoms with Crippen LogP contribution in [-0.4, -0.2) is 56.4 Å². The number of anilines is 2. The topological polar surface area (TPSA) is 94.7 Å². The summed E-state index contributed by atoms with van der Waals surface area (Å²) in [5.74, 6) is 2.02. The van der Waals surface area contributed by atoms with E-state index in [2.05, 4.69) is 67.2 Å². The summed E-state index contributed by atoms with van der Waals surface area (Å²) in [5, 5.41) is 11.0. The number of likely N-dealkylation sites (tertiary alicyclic amines) is 1. The van der Waals surface area contributed by atoms with E-state index in [0.717, 1.165) is 80.8 Å². The van der Waals surface area contributed by atoms with Crippen molar-refractivity contribution in [2.24, 2.45) is 5.92 Å². The van der Waals surface area contributed by atoms with E-state index in [1.807, 2.05) is 13.8 Å². The normalized spacial score (nSPS) is 17.6. The molecule has 44 heavy (non-hydrogen) atoms. The van der Waals surface area contributed by atoms with Gasteiger partial charge in [-0.3, -0.25) is 4.79 Å². The molecule has 242 valence electrons. The molecular weight excluding hydrogens is 546 g/mol. The quantitative estimate of drug-likeness (QED) is 0.137. The number of carbonyl (C=O) groups is 1. The largest absolute Gasteiger partial charge is 0.467 e. The molecule has 7 nitrogen and oxygen atoms in total. The molecule has 1 spiro atoms. The number of nitrogens with two attached hydrogens (primary N) is 1. The third-order valence-electron chi connectivity index (χ3n) is 8.61. The van der Waals surface area contributed by atoms with Crippen molar-refractivity contribution in [1.82, 2.24) is 10.2 Å². The van der Waals surface area contributed by atoms with Gasteiger partial charge in [0, 0.05) is 79.0 Å². The Labute approximate surface area is 266 Å². The maximum Gasteiger partial charge on any atom is 0.183 e.